The molecule has 1 rings (SSSR count). The Morgan fingerprint density at radius 3 is 2.83 bits per heavy atom. The van der Waals surface area contributed by atoms with Gasteiger partial charge in [-0.25, -0.2) is 0 Å². The normalized spacial score (nSPS) is 12.9. The van der Waals surface area contributed by atoms with Gasteiger partial charge >= 0.3 is 0 Å². The van der Waals surface area contributed by atoms with E-state index in [0.717, 1.165) is 0 Å². The average Bonchev–Trinajstić information content (AvgIpc) is 2.48. The van der Waals surface area contributed by atoms with Gasteiger partial charge in [-0.2, -0.15) is 0 Å². The van der Waals surface area contributed by atoms with Crippen molar-refractivity contribution in [3.05, 3.63) is 22.6 Å². The first kappa shape index (κ1) is 9.48. The molecule has 0 bridgehead atoms. The molecule has 1 N–H and O–H groups in total. The van der Waals surface area contributed by atoms with Gasteiger partial charge in [-0.3, -0.25) is 4.79 Å². The monoisotopic (exact) mass is 231 g/mol. The molecular weight excluding hydrogens is 222 g/mol. The smallest absolute Gasteiger partial charge is 0.215 e. The number of carbonyl (C=O) groups excluding carboxylic acids is 1. The van der Waals surface area contributed by atoms with Crippen molar-refractivity contribution < 1.29 is 9.21 Å². The van der Waals surface area contributed by atoms with E-state index in [0.29, 0.717) is 10.2 Å². The number of Topliss-reactive ketones (excluding diaryl/α,β-unsaturated/α-hetero) is 1. The zero-order valence-electron chi connectivity index (χ0n) is 6.93. The molecule has 0 aliphatic rings. The summed E-state index contributed by atoms with van der Waals surface area (Å²) in [6, 6.07) is 1.49. The van der Waals surface area contributed by atoms with Crippen LogP contribution in [-0.2, 0) is 0 Å². The molecule has 1 unspecified atom stereocenters. The summed E-state index contributed by atoms with van der Waals surface area (Å²) in [4.78, 5) is 11.5. The van der Waals surface area contributed by atoms with Gasteiger partial charge < -0.3 is 9.73 Å². The molecular formula is C8H10BrNO2. The topological polar surface area (TPSA) is 42.2 Å². The maximum absolute atomic E-state index is 11.5. The second-order valence-corrected chi connectivity index (χ2v) is 3.33. The molecule has 0 saturated carbocycles. The van der Waals surface area contributed by atoms with Gasteiger partial charge in [-0.05, 0) is 36.0 Å². The van der Waals surface area contributed by atoms with Gasteiger partial charge in [0.15, 0.2) is 5.76 Å². The molecule has 0 aromatic carbocycles. The van der Waals surface area contributed by atoms with Gasteiger partial charge in [0.2, 0.25) is 5.78 Å². The van der Waals surface area contributed by atoms with Crippen LogP contribution in [0.5, 0.6) is 0 Å². The van der Waals surface area contributed by atoms with E-state index in [1.165, 1.54) is 6.26 Å². The van der Waals surface area contributed by atoms with E-state index in [2.05, 4.69) is 21.2 Å². The van der Waals surface area contributed by atoms with Crippen molar-refractivity contribution in [1.29, 1.82) is 0 Å². The Morgan fingerprint density at radius 2 is 2.42 bits per heavy atom. The Balaban J connectivity index is 2.85. The molecule has 3 nitrogen and oxygen atoms in total. The molecule has 4 heteroatoms. The second kappa shape index (κ2) is 3.87. The van der Waals surface area contributed by atoms with E-state index >= 15 is 0 Å². The van der Waals surface area contributed by atoms with Crippen LogP contribution in [0.15, 0.2) is 21.2 Å². The van der Waals surface area contributed by atoms with E-state index in [4.69, 9.17) is 4.42 Å². The third-order valence-corrected chi connectivity index (χ3v) is 2.29. The summed E-state index contributed by atoms with van der Waals surface area (Å²) in [7, 11) is 1.74. The maximum atomic E-state index is 11.5. The van der Waals surface area contributed by atoms with Crippen LogP contribution in [0.2, 0.25) is 0 Å². The molecule has 0 amide bonds. The minimum absolute atomic E-state index is 0.0469. The van der Waals surface area contributed by atoms with Crippen LogP contribution in [-0.4, -0.2) is 18.9 Å². The Bertz CT molecular complexity index is 282. The first-order valence-electron chi connectivity index (χ1n) is 3.61. The van der Waals surface area contributed by atoms with Crippen molar-refractivity contribution in [3.63, 3.8) is 0 Å². The first-order chi connectivity index (χ1) is 5.66. The summed E-state index contributed by atoms with van der Waals surface area (Å²) in [5, 5.41) is 2.85. The predicted octanol–water partition coefficient (Wildman–Crippen LogP) is 1.83. The number of hydrogen-bond acceptors (Lipinski definition) is 3. The second-order valence-electron chi connectivity index (χ2n) is 2.47. The lowest BCUT2D eigenvalue weighted by Gasteiger charge is -2.05. The number of nitrogens with one attached hydrogen (secondary N) is 1. The van der Waals surface area contributed by atoms with Gasteiger partial charge in [0.05, 0.1) is 16.8 Å². The van der Waals surface area contributed by atoms with E-state index in [9.17, 15) is 4.79 Å². The van der Waals surface area contributed by atoms with Gasteiger partial charge in [0.1, 0.15) is 0 Å². The van der Waals surface area contributed by atoms with E-state index in [1.54, 1.807) is 20.0 Å². The van der Waals surface area contributed by atoms with E-state index in [1.807, 2.05) is 0 Å². The molecule has 0 spiro atoms. The Kier molecular flexibility index (Phi) is 3.05. The average molecular weight is 232 g/mol. The fourth-order valence-corrected chi connectivity index (χ4v) is 1.19. The molecule has 1 aromatic heterocycles. The van der Waals surface area contributed by atoms with Gasteiger partial charge in [0.25, 0.3) is 0 Å². The highest BCUT2D eigenvalue weighted by Gasteiger charge is 2.18. The fraction of sp³-hybridized carbons (Fsp3) is 0.375. The van der Waals surface area contributed by atoms with Crippen molar-refractivity contribution in [2.75, 3.05) is 7.05 Å². The lowest BCUT2D eigenvalue weighted by molar-refractivity contribution is 0.0926. The number of rotatable bonds is 3. The highest BCUT2D eigenvalue weighted by molar-refractivity contribution is 9.10. The van der Waals surface area contributed by atoms with Crippen LogP contribution >= 0.6 is 15.9 Å². The minimum Gasteiger partial charge on any atom is -0.460 e. The SMILES string of the molecule is CNC(C)C(=O)c1occc1Br. The van der Waals surface area contributed by atoms with Gasteiger partial charge in [0, 0.05) is 0 Å². The van der Waals surface area contributed by atoms with Crippen molar-refractivity contribution in [3.8, 4) is 0 Å². The lowest BCUT2D eigenvalue weighted by Crippen LogP contribution is -2.30. The summed E-state index contributed by atoms with van der Waals surface area (Å²) < 4.78 is 5.72. The van der Waals surface area contributed by atoms with Crippen LogP contribution < -0.4 is 5.32 Å². The fourth-order valence-electron chi connectivity index (χ4n) is 0.797. The highest BCUT2D eigenvalue weighted by Crippen LogP contribution is 2.18. The van der Waals surface area contributed by atoms with Gasteiger partial charge in [-0.1, -0.05) is 0 Å². The number of hydrogen-bond donors (Lipinski definition) is 1. The number of furan rings is 1. The third-order valence-electron chi connectivity index (χ3n) is 1.67. The lowest BCUT2D eigenvalue weighted by atomic mass is 10.2. The quantitative estimate of drug-likeness (QED) is 0.808. The molecule has 1 atom stereocenters. The van der Waals surface area contributed by atoms with Crippen LogP contribution in [0.25, 0.3) is 0 Å². The highest BCUT2D eigenvalue weighted by atomic mass is 79.9. The van der Waals surface area contributed by atoms with Crippen LogP contribution in [0.1, 0.15) is 17.5 Å². The molecule has 0 saturated heterocycles. The van der Waals surface area contributed by atoms with Gasteiger partial charge in [-0.15, -0.1) is 0 Å². The minimum atomic E-state index is -0.215. The van der Waals surface area contributed by atoms with Crippen molar-refractivity contribution in [2.45, 2.75) is 13.0 Å². The molecule has 0 aliphatic carbocycles. The van der Waals surface area contributed by atoms with Crippen molar-refractivity contribution in [1.82, 2.24) is 5.32 Å². The summed E-state index contributed by atoms with van der Waals surface area (Å²) >= 11 is 3.22. The Morgan fingerprint density at radius 1 is 1.75 bits per heavy atom. The summed E-state index contributed by atoms with van der Waals surface area (Å²) in [5.41, 5.74) is 0. The summed E-state index contributed by atoms with van der Waals surface area (Å²) in [6.45, 7) is 1.79. The third kappa shape index (κ3) is 1.76. The zero-order valence-corrected chi connectivity index (χ0v) is 8.51. The van der Waals surface area contributed by atoms with E-state index in [-0.39, 0.29) is 11.8 Å². The Labute approximate surface area is 79.3 Å². The van der Waals surface area contributed by atoms with Crippen molar-refractivity contribution >= 4 is 21.7 Å². The molecule has 12 heavy (non-hydrogen) atoms. The van der Waals surface area contributed by atoms with Crippen LogP contribution in [0.4, 0.5) is 0 Å². The van der Waals surface area contributed by atoms with Crippen LogP contribution in [0.3, 0.4) is 0 Å². The molecule has 0 fully saturated rings. The van der Waals surface area contributed by atoms with E-state index < -0.39 is 0 Å². The number of halogens is 1. The number of likely N-dealkylation sites (N-methyl/N-ethyl adjacent to an activating group) is 1. The number of carbonyl (C=O) groups is 1. The largest absolute Gasteiger partial charge is 0.460 e. The predicted molar refractivity (Wildman–Crippen MR) is 49.3 cm³/mol. The zero-order chi connectivity index (χ0) is 9.14. The van der Waals surface area contributed by atoms with Crippen molar-refractivity contribution in [2.24, 2.45) is 0 Å². The molecule has 0 radical (unpaired) electrons. The Hall–Kier alpha value is -0.610. The molecule has 0 aliphatic heterocycles. The summed E-state index contributed by atoms with van der Waals surface area (Å²) in [6.07, 6.45) is 1.49. The molecule has 66 valence electrons. The first-order valence-corrected chi connectivity index (χ1v) is 4.40. The number of ketones is 1. The maximum Gasteiger partial charge on any atom is 0.215 e. The molecule has 1 heterocycles. The summed E-state index contributed by atoms with van der Waals surface area (Å²) in [5.74, 6) is 0.325. The standard InChI is InChI=1S/C8H10BrNO2/c1-5(10-2)7(11)8-6(9)3-4-12-8/h3-5,10H,1-2H3. The van der Waals surface area contributed by atoms with Crippen LogP contribution in [0, 0.1) is 0 Å². The molecule has 1 aromatic rings.